The van der Waals surface area contributed by atoms with E-state index in [1.807, 2.05) is 41.3 Å². The van der Waals surface area contributed by atoms with Crippen LogP contribution in [0, 0.1) is 0 Å². The lowest BCUT2D eigenvalue weighted by atomic mass is 10.1. The van der Waals surface area contributed by atoms with Crippen LogP contribution in [0.15, 0.2) is 49.1 Å². The maximum absolute atomic E-state index is 12.1. The molecule has 1 saturated heterocycles. The molecule has 1 N–H and O–H groups in total. The van der Waals surface area contributed by atoms with Gasteiger partial charge in [0.25, 0.3) is 0 Å². The molecule has 1 aromatic heterocycles. The molecular weight excluding hydrogens is 342 g/mol. The minimum absolute atomic E-state index is 0.121. The Hall–Kier alpha value is -2.93. The molecule has 0 atom stereocenters. The Bertz CT molecular complexity index is 770. The van der Waals surface area contributed by atoms with Crippen LogP contribution in [0.4, 0.5) is 5.82 Å². The van der Waals surface area contributed by atoms with Crippen molar-refractivity contribution in [2.45, 2.75) is 0 Å². The number of piperazine rings is 1. The molecule has 142 valence electrons. The van der Waals surface area contributed by atoms with E-state index in [9.17, 15) is 4.79 Å². The van der Waals surface area contributed by atoms with Crippen LogP contribution in [-0.2, 0) is 4.79 Å². The van der Waals surface area contributed by atoms with E-state index in [2.05, 4.69) is 27.0 Å². The zero-order valence-electron chi connectivity index (χ0n) is 15.6. The number of nitrogens with one attached hydrogen (secondary N) is 1. The SMILES string of the molecule is C=CCNCC(=O)N1CCN(c2ccc(-c3cccc(OC)c3)nn2)CC1. The lowest BCUT2D eigenvalue weighted by molar-refractivity contribution is -0.130. The summed E-state index contributed by atoms with van der Waals surface area (Å²) in [5.74, 6) is 1.75. The second-order valence-electron chi connectivity index (χ2n) is 6.30. The Morgan fingerprint density at radius 3 is 2.70 bits per heavy atom. The smallest absolute Gasteiger partial charge is 0.236 e. The molecule has 0 aliphatic carbocycles. The van der Waals surface area contributed by atoms with Gasteiger partial charge >= 0.3 is 0 Å². The molecule has 2 heterocycles. The van der Waals surface area contributed by atoms with E-state index in [1.54, 1.807) is 13.2 Å². The number of carbonyl (C=O) groups excluding carboxylic acids is 1. The first-order chi connectivity index (χ1) is 13.2. The standard InChI is InChI=1S/C20H25N5O2/c1-3-9-21-15-20(26)25-12-10-24(11-13-25)19-8-7-18(22-23-19)16-5-4-6-17(14-16)27-2/h3-8,14,21H,1,9-13,15H2,2H3. The summed E-state index contributed by atoms with van der Waals surface area (Å²) < 4.78 is 5.26. The monoisotopic (exact) mass is 367 g/mol. The topological polar surface area (TPSA) is 70.6 Å². The third-order valence-corrected chi connectivity index (χ3v) is 4.54. The van der Waals surface area contributed by atoms with E-state index >= 15 is 0 Å². The number of rotatable bonds is 7. The fourth-order valence-electron chi connectivity index (χ4n) is 3.01. The van der Waals surface area contributed by atoms with Gasteiger partial charge in [-0.25, -0.2) is 0 Å². The van der Waals surface area contributed by atoms with E-state index in [-0.39, 0.29) is 5.91 Å². The number of nitrogens with zero attached hydrogens (tertiary/aromatic N) is 4. The molecule has 1 aromatic carbocycles. The molecule has 27 heavy (non-hydrogen) atoms. The molecule has 1 amide bonds. The van der Waals surface area contributed by atoms with Crippen LogP contribution >= 0.6 is 0 Å². The molecule has 0 radical (unpaired) electrons. The van der Waals surface area contributed by atoms with Crippen molar-refractivity contribution in [2.75, 3.05) is 51.3 Å². The van der Waals surface area contributed by atoms with Crippen LogP contribution in [0.2, 0.25) is 0 Å². The molecule has 1 fully saturated rings. The van der Waals surface area contributed by atoms with Crippen LogP contribution in [0.1, 0.15) is 0 Å². The van der Waals surface area contributed by atoms with Crippen LogP contribution in [-0.4, -0.2) is 67.4 Å². The number of hydrogen-bond donors (Lipinski definition) is 1. The second kappa shape index (κ2) is 9.14. The quantitative estimate of drug-likeness (QED) is 0.592. The molecule has 3 rings (SSSR count). The van der Waals surface area contributed by atoms with Gasteiger partial charge in [-0.15, -0.1) is 16.8 Å². The Kier molecular flexibility index (Phi) is 6.38. The number of methoxy groups -OCH3 is 1. The summed E-state index contributed by atoms with van der Waals surface area (Å²) in [6.07, 6.45) is 1.75. The molecule has 1 aliphatic heterocycles. The summed E-state index contributed by atoms with van der Waals surface area (Å²) in [6, 6.07) is 11.7. The van der Waals surface area contributed by atoms with Gasteiger partial charge < -0.3 is 19.9 Å². The van der Waals surface area contributed by atoms with Crippen molar-refractivity contribution in [1.82, 2.24) is 20.4 Å². The lowest BCUT2D eigenvalue weighted by Gasteiger charge is -2.35. The highest BCUT2D eigenvalue weighted by Crippen LogP contribution is 2.23. The van der Waals surface area contributed by atoms with Gasteiger partial charge in [0, 0.05) is 38.3 Å². The molecule has 2 aromatic rings. The predicted octanol–water partition coefficient (Wildman–Crippen LogP) is 1.58. The second-order valence-corrected chi connectivity index (χ2v) is 6.30. The van der Waals surface area contributed by atoms with Gasteiger partial charge in [-0.05, 0) is 24.3 Å². The van der Waals surface area contributed by atoms with Gasteiger partial charge in [0.05, 0.1) is 19.3 Å². The molecule has 7 heteroatoms. The largest absolute Gasteiger partial charge is 0.497 e. The minimum atomic E-state index is 0.121. The number of ether oxygens (including phenoxy) is 1. The fourth-order valence-corrected chi connectivity index (χ4v) is 3.01. The van der Waals surface area contributed by atoms with Gasteiger partial charge in [-0.3, -0.25) is 4.79 Å². The summed E-state index contributed by atoms with van der Waals surface area (Å²) in [5.41, 5.74) is 1.77. The zero-order chi connectivity index (χ0) is 19.1. The third-order valence-electron chi connectivity index (χ3n) is 4.54. The molecular formula is C20H25N5O2. The first-order valence-electron chi connectivity index (χ1n) is 9.04. The maximum atomic E-state index is 12.1. The third kappa shape index (κ3) is 4.83. The average molecular weight is 367 g/mol. The van der Waals surface area contributed by atoms with Crippen molar-refractivity contribution in [3.8, 4) is 17.0 Å². The highest BCUT2D eigenvalue weighted by molar-refractivity contribution is 5.78. The summed E-state index contributed by atoms with van der Waals surface area (Å²) in [6.45, 7) is 7.50. The van der Waals surface area contributed by atoms with Gasteiger partial charge in [0.2, 0.25) is 5.91 Å². The minimum Gasteiger partial charge on any atom is -0.497 e. The van der Waals surface area contributed by atoms with Crippen molar-refractivity contribution in [3.05, 3.63) is 49.1 Å². The highest BCUT2D eigenvalue weighted by atomic mass is 16.5. The Morgan fingerprint density at radius 2 is 2.04 bits per heavy atom. The van der Waals surface area contributed by atoms with Crippen molar-refractivity contribution in [2.24, 2.45) is 0 Å². The Balaban J connectivity index is 1.57. The van der Waals surface area contributed by atoms with Crippen molar-refractivity contribution in [3.63, 3.8) is 0 Å². The molecule has 1 aliphatic rings. The summed E-state index contributed by atoms with van der Waals surface area (Å²) >= 11 is 0. The highest BCUT2D eigenvalue weighted by Gasteiger charge is 2.21. The Labute approximate surface area is 159 Å². The number of anilines is 1. The van der Waals surface area contributed by atoms with Crippen LogP contribution in [0.3, 0.4) is 0 Å². The average Bonchev–Trinajstić information content (AvgIpc) is 2.74. The molecule has 0 spiro atoms. The lowest BCUT2D eigenvalue weighted by Crippen LogP contribution is -2.51. The summed E-state index contributed by atoms with van der Waals surface area (Å²) in [4.78, 5) is 16.2. The van der Waals surface area contributed by atoms with Crippen LogP contribution < -0.4 is 15.0 Å². The normalized spacial score (nSPS) is 14.1. The van der Waals surface area contributed by atoms with Crippen molar-refractivity contribution < 1.29 is 9.53 Å². The number of carbonyl (C=O) groups is 1. The number of benzene rings is 1. The summed E-state index contributed by atoms with van der Waals surface area (Å²) in [7, 11) is 1.65. The Morgan fingerprint density at radius 1 is 1.22 bits per heavy atom. The fraction of sp³-hybridized carbons (Fsp3) is 0.350. The predicted molar refractivity (Wildman–Crippen MR) is 106 cm³/mol. The van der Waals surface area contributed by atoms with E-state index in [0.717, 1.165) is 35.9 Å². The zero-order valence-corrected chi connectivity index (χ0v) is 15.6. The van der Waals surface area contributed by atoms with Gasteiger partial charge in [-0.2, -0.15) is 0 Å². The van der Waals surface area contributed by atoms with Crippen molar-refractivity contribution >= 4 is 11.7 Å². The number of aromatic nitrogens is 2. The molecule has 0 unspecified atom stereocenters. The molecule has 7 nitrogen and oxygen atoms in total. The van der Waals surface area contributed by atoms with Crippen LogP contribution in [0.25, 0.3) is 11.3 Å². The van der Waals surface area contributed by atoms with E-state index in [1.165, 1.54) is 0 Å². The van der Waals surface area contributed by atoms with Gasteiger partial charge in [-0.1, -0.05) is 18.2 Å². The number of hydrogen-bond acceptors (Lipinski definition) is 6. The molecule has 0 saturated carbocycles. The molecule has 0 bridgehead atoms. The van der Waals surface area contributed by atoms with Crippen molar-refractivity contribution in [1.29, 1.82) is 0 Å². The van der Waals surface area contributed by atoms with E-state index < -0.39 is 0 Å². The van der Waals surface area contributed by atoms with E-state index in [0.29, 0.717) is 26.2 Å². The van der Waals surface area contributed by atoms with E-state index in [4.69, 9.17) is 4.74 Å². The first-order valence-corrected chi connectivity index (χ1v) is 9.04. The summed E-state index contributed by atoms with van der Waals surface area (Å²) in [5, 5.41) is 11.8. The van der Waals surface area contributed by atoms with Crippen LogP contribution in [0.5, 0.6) is 5.75 Å². The van der Waals surface area contributed by atoms with Gasteiger partial charge in [0.15, 0.2) is 5.82 Å². The van der Waals surface area contributed by atoms with Gasteiger partial charge in [0.1, 0.15) is 5.75 Å². The number of amides is 1. The maximum Gasteiger partial charge on any atom is 0.236 e. The first kappa shape index (κ1) is 18.8.